The van der Waals surface area contributed by atoms with Crippen molar-refractivity contribution in [3.8, 4) is 6.07 Å². The van der Waals surface area contributed by atoms with Gasteiger partial charge in [0.05, 0.1) is 16.9 Å². The SMILES string of the molecule is CCN1CCc2nc(SCC(=O)Nc3cccc(C(F)(F)F)c3)c(C#N)cc2C1. The number of fused-ring (bicyclic) bond motifs is 1. The van der Waals surface area contributed by atoms with Crippen LogP contribution < -0.4 is 5.32 Å². The number of benzene rings is 1. The van der Waals surface area contributed by atoms with E-state index in [2.05, 4.69) is 28.2 Å². The summed E-state index contributed by atoms with van der Waals surface area (Å²) in [6.45, 7) is 4.64. The number of carbonyl (C=O) groups is 1. The minimum absolute atomic E-state index is 0.0577. The molecule has 0 spiro atoms. The van der Waals surface area contributed by atoms with Gasteiger partial charge in [0.2, 0.25) is 5.91 Å². The van der Waals surface area contributed by atoms with Crippen LogP contribution in [0, 0.1) is 11.3 Å². The molecule has 1 aliphatic rings. The van der Waals surface area contributed by atoms with Gasteiger partial charge < -0.3 is 5.32 Å². The van der Waals surface area contributed by atoms with Gasteiger partial charge in [0.25, 0.3) is 0 Å². The van der Waals surface area contributed by atoms with Crippen molar-refractivity contribution in [2.24, 2.45) is 0 Å². The Kier molecular flexibility index (Phi) is 6.45. The van der Waals surface area contributed by atoms with Crippen LogP contribution in [0.15, 0.2) is 35.4 Å². The first-order valence-corrected chi connectivity index (χ1v) is 10.0. The second-order valence-electron chi connectivity index (χ2n) is 6.59. The minimum atomic E-state index is -4.47. The van der Waals surface area contributed by atoms with Crippen molar-refractivity contribution in [2.75, 3.05) is 24.2 Å². The predicted molar refractivity (Wildman–Crippen MR) is 104 cm³/mol. The number of hydrogen-bond acceptors (Lipinski definition) is 5. The molecule has 29 heavy (non-hydrogen) atoms. The molecule has 0 unspecified atom stereocenters. The Balaban J connectivity index is 1.67. The van der Waals surface area contributed by atoms with Gasteiger partial charge in [-0.05, 0) is 36.4 Å². The number of pyridine rings is 1. The van der Waals surface area contributed by atoms with Crippen LogP contribution in [-0.4, -0.2) is 34.6 Å². The van der Waals surface area contributed by atoms with Gasteiger partial charge in [0, 0.05) is 30.9 Å². The van der Waals surface area contributed by atoms with Crippen LogP contribution in [0.3, 0.4) is 0 Å². The lowest BCUT2D eigenvalue weighted by atomic mass is 10.0. The Hall–Kier alpha value is -2.57. The van der Waals surface area contributed by atoms with E-state index in [9.17, 15) is 23.2 Å². The summed E-state index contributed by atoms with van der Waals surface area (Å²) in [5.74, 6) is -0.521. The van der Waals surface area contributed by atoms with Crippen molar-refractivity contribution in [1.82, 2.24) is 9.88 Å². The zero-order chi connectivity index (χ0) is 21.0. The molecule has 1 aromatic carbocycles. The highest BCUT2D eigenvalue weighted by Gasteiger charge is 2.30. The number of alkyl halides is 3. The number of carbonyl (C=O) groups excluding carboxylic acids is 1. The Morgan fingerprint density at radius 1 is 1.38 bits per heavy atom. The van der Waals surface area contributed by atoms with Gasteiger partial charge in [0.1, 0.15) is 11.1 Å². The van der Waals surface area contributed by atoms with Gasteiger partial charge in [-0.3, -0.25) is 9.69 Å². The van der Waals surface area contributed by atoms with E-state index in [4.69, 9.17) is 0 Å². The predicted octanol–water partition coefficient (Wildman–Crippen LogP) is 4.08. The fourth-order valence-electron chi connectivity index (χ4n) is 3.08. The molecule has 2 heterocycles. The number of hydrogen-bond donors (Lipinski definition) is 1. The Morgan fingerprint density at radius 2 is 2.17 bits per heavy atom. The molecule has 1 aromatic heterocycles. The lowest BCUT2D eigenvalue weighted by Crippen LogP contribution is -2.31. The summed E-state index contributed by atoms with van der Waals surface area (Å²) in [7, 11) is 0. The van der Waals surface area contributed by atoms with Crippen molar-refractivity contribution in [3.63, 3.8) is 0 Å². The summed E-state index contributed by atoms with van der Waals surface area (Å²) in [6, 6.07) is 8.41. The first-order chi connectivity index (χ1) is 13.8. The van der Waals surface area contributed by atoms with Gasteiger partial charge in [-0.1, -0.05) is 24.8 Å². The fourth-order valence-corrected chi connectivity index (χ4v) is 3.85. The zero-order valence-corrected chi connectivity index (χ0v) is 16.5. The highest BCUT2D eigenvalue weighted by molar-refractivity contribution is 8.00. The van der Waals surface area contributed by atoms with Crippen LogP contribution in [0.4, 0.5) is 18.9 Å². The molecule has 1 amide bonds. The van der Waals surface area contributed by atoms with Crippen LogP contribution in [0.1, 0.15) is 29.3 Å². The fraction of sp³-hybridized carbons (Fsp3) is 0.350. The summed E-state index contributed by atoms with van der Waals surface area (Å²) in [6.07, 6.45) is -3.70. The maximum Gasteiger partial charge on any atom is 0.416 e. The molecule has 0 fully saturated rings. The van der Waals surface area contributed by atoms with Crippen molar-refractivity contribution >= 4 is 23.4 Å². The monoisotopic (exact) mass is 420 g/mol. The van der Waals surface area contributed by atoms with Gasteiger partial charge >= 0.3 is 6.18 Å². The average Bonchev–Trinajstić information content (AvgIpc) is 2.70. The van der Waals surface area contributed by atoms with E-state index >= 15 is 0 Å². The number of nitrogens with one attached hydrogen (secondary N) is 1. The quantitative estimate of drug-likeness (QED) is 0.739. The van der Waals surface area contributed by atoms with Crippen molar-refractivity contribution in [3.05, 3.63) is 52.7 Å². The van der Waals surface area contributed by atoms with E-state index in [0.717, 1.165) is 61.2 Å². The number of halogens is 3. The lowest BCUT2D eigenvalue weighted by molar-refractivity contribution is -0.137. The van der Waals surface area contributed by atoms with E-state index in [-0.39, 0.29) is 11.4 Å². The number of amides is 1. The highest BCUT2D eigenvalue weighted by Crippen LogP contribution is 2.31. The van der Waals surface area contributed by atoms with E-state index < -0.39 is 17.6 Å². The number of likely N-dealkylation sites (N-methyl/N-ethyl adjacent to an activating group) is 1. The molecule has 0 aliphatic carbocycles. The average molecular weight is 420 g/mol. The van der Waals surface area contributed by atoms with Crippen LogP contribution in [0.5, 0.6) is 0 Å². The van der Waals surface area contributed by atoms with Crippen LogP contribution >= 0.6 is 11.8 Å². The van der Waals surface area contributed by atoms with Gasteiger partial charge in [-0.25, -0.2) is 4.98 Å². The summed E-state index contributed by atoms with van der Waals surface area (Å²) in [5, 5.41) is 12.4. The number of aromatic nitrogens is 1. The number of nitrogens with zero attached hydrogens (tertiary/aromatic N) is 3. The second-order valence-corrected chi connectivity index (χ2v) is 7.56. The number of nitriles is 1. The van der Waals surface area contributed by atoms with E-state index in [0.29, 0.717) is 10.6 Å². The van der Waals surface area contributed by atoms with Gasteiger partial charge in [0.15, 0.2) is 0 Å². The highest BCUT2D eigenvalue weighted by atomic mass is 32.2. The second kappa shape index (κ2) is 8.84. The van der Waals surface area contributed by atoms with Gasteiger partial charge in [-0.2, -0.15) is 18.4 Å². The third kappa shape index (κ3) is 5.28. The lowest BCUT2D eigenvalue weighted by Gasteiger charge is -2.27. The molecule has 152 valence electrons. The number of rotatable bonds is 5. The molecule has 1 aliphatic heterocycles. The standard InChI is InChI=1S/C20H19F3N4OS/c1-2-27-7-6-17-14(11-27)8-13(10-24)19(26-17)29-12-18(28)25-16-5-3-4-15(9-16)20(21,22)23/h3-5,8-9H,2,6-7,11-12H2,1H3,(H,25,28). The molecule has 1 N–H and O–H groups in total. The summed E-state index contributed by atoms with van der Waals surface area (Å²) >= 11 is 1.11. The van der Waals surface area contributed by atoms with Crippen molar-refractivity contribution in [2.45, 2.75) is 31.1 Å². The molecule has 0 saturated heterocycles. The maximum atomic E-state index is 12.8. The molecular formula is C20H19F3N4OS. The van der Waals surface area contributed by atoms with Crippen LogP contribution in [-0.2, 0) is 23.9 Å². The minimum Gasteiger partial charge on any atom is -0.325 e. The molecule has 0 radical (unpaired) electrons. The molecule has 0 bridgehead atoms. The first kappa shape index (κ1) is 21.1. The number of anilines is 1. The smallest absolute Gasteiger partial charge is 0.325 e. The van der Waals surface area contributed by atoms with Crippen LogP contribution in [0.2, 0.25) is 0 Å². The van der Waals surface area contributed by atoms with E-state index in [1.54, 1.807) is 0 Å². The van der Waals surface area contributed by atoms with Crippen LogP contribution in [0.25, 0.3) is 0 Å². The maximum absolute atomic E-state index is 12.8. The zero-order valence-electron chi connectivity index (χ0n) is 15.7. The molecule has 9 heteroatoms. The normalized spacial score (nSPS) is 14.2. The molecule has 2 aromatic rings. The molecule has 0 atom stereocenters. The molecule has 3 rings (SSSR count). The summed E-state index contributed by atoms with van der Waals surface area (Å²) in [4.78, 5) is 19.0. The van der Waals surface area contributed by atoms with Crippen molar-refractivity contribution < 1.29 is 18.0 Å². The molecule has 0 saturated carbocycles. The first-order valence-electron chi connectivity index (χ1n) is 9.05. The third-order valence-corrected chi connectivity index (χ3v) is 5.59. The van der Waals surface area contributed by atoms with E-state index in [1.165, 1.54) is 12.1 Å². The third-order valence-electron chi connectivity index (χ3n) is 4.60. The Bertz CT molecular complexity index is 956. The molecule has 5 nitrogen and oxygen atoms in total. The van der Waals surface area contributed by atoms with Crippen molar-refractivity contribution in [1.29, 1.82) is 5.26 Å². The molecular weight excluding hydrogens is 401 g/mol. The Labute approximate surface area is 170 Å². The summed E-state index contributed by atoms with van der Waals surface area (Å²) < 4.78 is 38.4. The number of thioether (sulfide) groups is 1. The Morgan fingerprint density at radius 3 is 2.86 bits per heavy atom. The largest absolute Gasteiger partial charge is 0.416 e. The van der Waals surface area contributed by atoms with Gasteiger partial charge in [-0.15, -0.1) is 0 Å². The topological polar surface area (TPSA) is 69.0 Å². The summed E-state index contributed by atoms with van der Waals surface area (Å²) in [5.41, 5.74) is 1.59. The van der Waals surface area contributed by atoms with E-state index in [1.807, 2.05) is 6.07 Å².